The van der Waals surface area contributed by atoms with Crippen LogP contribution >= 0.6 is 0 Å². The Bertz CT molecular complexity index is 403. The lowest BCUT2D eigenvalue weighted by Crippen LogP contribution is -2.26. The van der Waals surface area contributed by atoms with Crippen LogP contribution in [0.25, 0.3) is 0 Å². The van der Waals surface area contributed by atoms with Crippen molar-refractivity contribution in [2.24, 2.45) is 0 Å². The number of carbonyl (C=O) groups is 1. The molecule has 15 heavy (non-hydrogen) atoms. The predicted molar refractivity (Wildman–Crippen MR) is 48.6 cm³/mol. The quantitative estimate of drug-likeness (QED) is 0.556. The molecule has 0 radical (unpaired) electrons. The number of amides is 1. The maximum Gasteiger partial charge on any atom is 0.423 e. The fourth-order valence-corrected chi connectivity index (χ4v) is 1.21. The lowest BCUT2D eigenvalue weighted by atomic mass is 10.2. The van der Waals surface area contributed by atoms with Gasteiger partial charge >= 0.3 is 6.09 Å². The van der Waals surface area contributed by atoms with Crippen LogP contribution in [0.4, 0.5) is 10.5 Å². The monoisotopic (exact) mass is 209 g/mol. The van der Waals surface area contributed by atoms with E-state index in [-0.39, 0.29) is 5.69 Å². The summed E-state index contributed by atoms with van der Waals surface area (Å²) in [5.41, 5.74) is 5.47. The van der Waals surface area contributed by atoms with E-state index in [9.17, 15) is 14.9 Å². The Morgan fingerprint density at radius 3 is 2.47 bits per heavy atom. The van der Waals surface area contributed by atoms with Gasteiger partial charge in [-0.15, -0.1) is 0 Å². The first kappa shape index (κ1) is 9.41. The largest absolute Gasteiger partial charge is 0.423 e. The van der Waals surface area contributed by atoms with Gasteiger partial charge in [0.1, 0.15) is 0 Å². The molecule has 78 valence electrons. The van der Waals surface area contributed by atoms with Crippen LogP contribution in [-0.2, 0) is 4.74 Å². The van der Waals surface area contributed by atoms with Crippen molar-refractivity contribution in [1.82, 2.24) is 10.9 Å². The van der Waals surface area contributed by atoms with E-state index in [4.69, 9.17) is 4.74 Å². The molecule has 1 amide bonds. The lowest BCUT2D eigenvalue weighted by Gasteiger charge is -2.06. The highest BCUT2D eigenvalue weighted by molar-refractivity contribution is 5.68. The van der Waals surface area contributed by atoms with Gasteiger partial charge in [-0.2, -0.15) is 5.43 Å². The Balaban J connectivity index is 2.17. The summed E-state index contributed by atoms with van der Waals surface area (Å²) in [6.45, 7) is 0. The highest BCUT2D eigenvalue weighted by Crippen LogP contribution is 2.20. The summed E-state index contributed by atoms with van der Waals surface area (Å²) in [5, 5.41) is 10.4. The van der Waals surface area contributed by atoms with E-state index in [0.717, 1.165) is 0 Å². The fourth-order valence-electron chi connectivity index (χ4n) is 1.21. The molecule has 1 heterocycles. The van der Waals surface area contributed by atoms with Crippen LogP contribution < -0.4 is 10.9 Å². The average molecular weight is 209 g/mol. The first-order chi connectivity index (χ1) is 7.16. The van der Waals surface area contributed by atoms with Crippen LogP contribution in [0.5, 0.6) is 0 Å². The van der Waals surface area contributed by atoms with Crippen molar-refractivity contribution < 1.29 is 14.5 Å². The smallest absolute Gasteiger partial charge is 0.423 e. The minimum absolute atomic E-state index is 0.00367. The number of hydrogen-bond donors (Lipinski definition) is 2. The number of nitrogens with one attached hydrogen (secondary N) is 2. The SMILES string of the molecule is O=C1NNC(c2ccc([N+](=O)[O-])cc2)O1. The van der Waals surface area contributed by atoms with Gasteiger partial charge in [0, 0.05) is 17.7 Å². The van der Waals surface area contributed by atoms with E-state index in [1.807, 2.05) is 0 Å². The summed E-state index contributed by atoms with van der Waals surface area (Å²) in [4.78, 5) is 20.6. The van der Waals surface area contributed by atoms with Crippen molar-refractivity contribution in [2.45, 2.75) is 6.23 Å². The molecule has 1 saturated heterocycles. The minimum Gasteiger partial charge on any atom is -0.423 e. The molecule has 2 N–H and O–H groups in total. The van der Waals surface area contributed by atoms with Crippen LogP contribution in [0.15, 0.2) is 24.3 Å². The maximum absolute atomic E-state index is 10.7. The number of nitro groups is 1. The molecule has 1 atom stereocenters. The van der Waals surface area contributed by atoms with Crippen LogP contribution in [0.3, 0.4) is 0 Å². The van der Waals surface area contributed by atoms with Gasteiger partial charge in [0.2, 0.25) is 0 Å². The second-order valence-corrected chi connectivity index (χ2v) is 2.90. The fraction of sp³-hybridized carbons (Fsp3) is 0.125. The molecule has 2 rings (SSSR count). The highest BCUT2D eigenvalue weighted by atomic mass is 16.6. The number of benzene rings is 1. The van der Waals surface area contributed by atoms with Gasteiger partial charge in [-0.25, -0.2) is 4.79 Å². The number of hydrogen-bond acceptors (Lipinski definition) is 5. The third-order valence-corrected chi connectivity index (χ3v) is 1.94. The standard InChI is InChI=1S/C8H7N3O4/c12-8-10-9-7(15-8)5-1-3-6(4-2-5)11(13)14/h1-4,7,9H,(H,10,12). The van der Waals surface area contributed by atoms with Gasteiger partial charge in [0.05, 0.1) is 4.92 Å². The molecule has 7 nitrogen and oxygen atoms in total. The van der Waals surface area contributed by atoms with E-state index in [1.165, 1.54) is 24.3 Å². The van der Waals surface area contributed by atoms with E-state index >= 15 is 0 Å². The Hall–Kier alpha value is -2.15. The first-order valence-corrected chi connectivity index (χ1v) is 4.13. The highest BCUT2D eigenvalue weighted by Gasteiger charge is 2.23. The number of nitro benzene ring substituents is 1. The summed E-state index contributed by atoms with van der Waals surface area (Å²) >= 11 is 0. The van der Waals surface area contributed by atoms with E-state index < -0.39 is 17.2 Å². The summed E-state index contributed by atoms with van der Waals surface area (Å²) in [5.74, 6) is 0. The normalized spacial score (nSPS) is 19.5. The van der Waals surface area contributed by atoms with E-state index in [2.05, 4.69) is 10.9 Å². The lowest BCUT2D eigenvalue weighted by molar-refractivity contribution is -0.384. The molecule has 1 aromatic rings. The van der Waals surface area contributed by atoms with Crippen molar-refractivity contribution in [3.05, 3.63) is 39.9 Å². The number of cyclic esters (lactones) is 1. The van der Waals surface area contributed by atoms with Gasteiger partial charge < -0.3 is 4.74 Å². The second kappa shape index (κ2) is 3.54. The topological polar surface area (TPSA) is 93.5 Å². The molecule has 0 aliphatic carbocycles. The number of nitrogens with zero attached hydrogens (tertiary/aromatic N) is 1. The van der Waals surface area contributed by atoms with Crippen LogP contribution in [0.1, 0.15) is 11.8 Å². The van der Waals surface area contributed by atoms with Gasteiger partial charge in [-0.1, -0.05) is 0 Å². The molecule has 1 aromatic carbocycles. The van der Waals surface area contributed by atoms with Crippen molar-refractivity contribution in [3.8, 4) is 0 Å². The zero-order chi connectivity index (χ0) is 10.8. The third-order valence-electron chi connectivity index (χ3n) is 1.94. The molecule has 0 spiro atoms. The molecule has 1 unspecified atom stereocenters. The van der Waals surface area contributed by atoms with Crippen molar-refractivity contribution in [2.75, 3.05) is 0 Å². The Kier molecular flexibility index (Phi) is 2.22. The van der Waals surface area contributed by atoms with Crippen molar-refractivity contribution in [1.29, 1.82) is 0 Å². The second-order valence-electron chi connectivity index (χ2n) is 2.90. The van der Waals surface area contributed by atoms with Gasteiger partial charge in [0.15, 0.2) is 6.23 Å². The molecule has 0 aromatic heterocycles. The average Bonchev–Trinajstić information content (AvgIpc) is 2.65. The third kappa shape index (κ3) is 1.86. The number of ether oxygens (including phenoxy) is 1. The Morgan fingerprint density at radius 1 is 1.33 bits per heavy atom. The molecular formula is C8H7N3O4. The molecule has 1 aliphatic heterocycles. The van der Waals surface area contributed by atoms with Gasteiger partial charge in [-0.05, 0) is 12.1 Å². The summed E-state index contributed by atoms with van der Waals surface area (Å²) in [6.07, 6.45) is -1.17. The minimum atomic E-state index is -0.599. The van der Waals surface area contributed by atoms with Crippen LogP contribution in [0.2, 0.25) is 0 Å². The summed E-state index contributed by atoms with van der Waals surface area (Å²) < 4.78 is 4.82. The number of carbonyl (C=O) groups excluding carboxylic acids is 1. The zero-order valence-corrected chi connectivity index (χ0v) is 7.47. The van der Waals surface area contributed by atoms with Crippen molar-refractivity contribution >= 4 is 11.8 Å². The molecule has 7 heteroatoms. The number of hydrazine groups is 1. The molecule has 0 bridgehead atoms. The Labute approximate surface area is 84.2 Å². The number of non-ortho nitro benzene ring substituents is 1. The zero-order valence-electron chi connectivity index (χ0n) is 7.47. The van der Waals surface area contributed by atoms with Gasteiger partial charge in [-0.3, -0.25) is 15.5 Å². The molecule has 0 saturated carbocycles. The van der Waals surface area contributed by atoms with Crippen molar-refractivity contribution in [3.63, 3.8) is 0 Å². The summed E-state index contributed by atoms with van der Waals surface area (Å²) in [6, 6.07) is 5.75. The molecule has 1 fully saturated rings. The van der Waals surface area contributed by atoms with E-state index in [0.29, 0.717) is 5.56 Å². The number of rotatable bonds is 2. The van der Waals surface area contributed by atoms with Crippen LogP contribution in [-0.4, -0.2) is 11.0 Å². The Morgan fingerprint density at radius 2 is 2.00 bits per heavy atom. The van der Waals surface area contributed by atoms with Crippen LogP contribution in [0, 0.1) is 10.1 Å². The van der Waals surface area contributed by atoms with Gasteiger partial charge in [0.25, 0.3) is 5.69 Å². The molecule has 1 aliphatic rings. The first-order valence-electron chi connectivity index (χ1n) is 4.13. The van der Waals surface area contributed by atoms with E-state index in [1.54, 1.807) is 0 Å². The summed E-state index contributed by atoms with van der Waals surface area (Å²) in [7, 11) is 0. The molecular weight excluding hydrogens is 202 g/mol. The maximum atomic E-state index is 10.7. The predicted octanol–water partition coefficient (Wildman–Crippen LogP) is 0.838.